The third-order valence-electron chi connectivity index (χ3n) is 6.54. The van der Waals surface area contributed by atoms with Crippen LogP contribution in [0.3, 0.4) is 0 Å². The molecule has 0 spiro atoms. The molecule has 5 rings (SSSR count). The highest BCUT2D eigenvalue weighted by Gasteiger charge is 2.46. The highest BCUT2D eigenvalue weighted by Crippen LogP contribution is 2.48. The van der Waals surface area contributed by atoms with Gasteiger partial charge in [0.1, 0.15) is 11.5 Å². The predicted molar refractivity (Wildman–Crippen MR) is 122 cm³/mol. The standard InChI is InChI=1S/C26H26N2O5/c1-15-8-9-17(33-15)14-27-25(29)23-19-12-21(31-2)22(32-3)13-20(19)26(30)28-11-10-16-6-4-5-7-18(16)24(23)28/h4-9,12-13,23-24H,10-11,14H2,1-3H3,(H,27,29)/t23-,24+/m0/s1. The first kappa shape index (κ1) is 21.1. The highest BCUT2D eigenvalue weighted by molar-refractivity contribution is 6.02. The molecule has 2 amide bonds. The van der Waals surface area contributed by atoms with Crippen LogP contribution < -0.4 is 14.8 Å². The summed E-state index contributed by atoms with van der Waals surface area (Å²) in [6.45, 7) is 2.69. The molecule has 1 N–H and O–H groups in total. The maximum Gasteiger partial charge on any atom is 0.254 e. The zero-order valence-corrected chi connectivity index (χ0v) is 18.9. The lowest BCUT2D eigenvalue weighted by molar-refractivity contribution is -0.124. The number of methoxy groups -OCH3 is 2. The van der Waals surface area contributed by atoms with E-state index in [1.807, 2.05) is 42.2 Å². The second-order valence-electron chi connectivity index (χ2n) is 8.39. The van der Waals surface area contributed by atoms with Gasteiger partial charge in [-0.1, -0.05) is 24.3 Å². The van der Waals surface area contributed by atoms with Gasteiger partial charge in [0.15, 0.2) is 11.5 Å². The van der Waals surface area contributed by atoms with Crippen LogP contribution in [0.2, 0.25) is 0 Å². The number of rotatable bonds is 5. The van der Waals surface area contributed by atoms with Gasteiger partial charge >= 0.3 is 0 Å². The van der Waals surface area contributed by atoms with Gasteiger partial charge in [-0.25, -0.2) is 0 Å². The third kappa shape index (κ3) is 3.53. The van der Waals surface area contributed by atoms with Gasteiger partial charge < -0.3 is 24.1 Å². The van der Waals surface area contributed by atoms with Crippen LogP contribution in [0, 0.1) is 6.92 Å². The van der Waals surface area contributed by atoms with Crippen molar-refractivity contribution in [2.75, 3.05) is 20.8 Å². The van der Waals surface area contributed by atoms with E-state index in [9.17, 15) is 9.59 Å². The maximum absolute atomic E-state index is 13.7. The van der Waals surface area contributed by atoms with Crippen LogP contribution in [0.1, 0.15) is 50.5 Å². The molecule has 1 aromatic heterocycles. The second-order valence-corrected chi connectivity index (χ2v) is 8.39. The summed E-state index contributed by atoms with van der Waals surface area (Å²) < 4.78 is 16.6. The Kier molecular flexibility index (Phi) is 5.32. The summed E-state index contributed by atoms with van der Waals surface area (Å²) in [6, 6.07) is 14.8. The lowest BCUT2D eigenvalue weighted by Crippen LogP contribution is -2.50. The minimum atomic E-state index is -0.602. The average Bonchev–Trinajstić information content (AvgIpc) is 3.26. The molecular formula is C26H26N2O5. The predicted octanol–water partition coefficient (Wildman–Crippen LogP) is 3.76. The van der Waals surface area contributed by atoms with E-state index in [-0.39, 0.29) is 18.4 Å². The van der Waals surface area contributed by atoms with Gasteiger partial charge in [0.25, 0.3) is 5.91 Å². The molecule has 0 aliphatic carbocycles. The number of amides is 2. The molecule has 0 unspecified atom stereocenters. The first-order valence-electron chi connectivity index (χ1n) is 11.0. The highest BCUT2D eigenvalue weighted by atomic mass is 16.5. The molecule has 0 radical (unpaired) electrons. The minimum Gasteiger partial charge on any atom is -0.493 e. The number of fused-ring (bicyclic) bond motifs is 4. The maximum atomic E-state index is 13.7. The number of ether oxygens (including phenoxy) is 2. The van der Waals surface area contributed by atoms with Crippen molar-refractivity contribution in [2.45, 2.75) is 31.8 Å². The molecule has 0 bridgehead atoms. The van der Waals surface area contributed by atoms with Crippen molar-refractivity contribution in [2.24, 2.45) is 0 Å². The Bertz CT molecular complexity index is 1230. The topological polar surface area (TPSA) is 81.0 Å². The van der Waals surface area contributed by atoms with E-state index >= 15 is 0 Å². The van der Waals surface area contributed by atoms with Gasteiger partial charge in [-0.15, -0.1) is 0 Å². The summed E-state index contributed by atoms with van der Waals surface area (Å²) >= 11 is 0. The normalized spacial score (nSPS) is 18.8. The summed E-state index contributed by atoms with van der Waals surface area (Å²) in [7, 11) is 3.08. The number of benzene rings is 2. The first-order valence-corrected chi connectivity index (χ1v) is 11.0. The molecule has 2 aliphatic rings. The van der Waals surface area contributed by atoms with Gasteiger partial charge in [0.05, 0.1) is 32.7 Å². The Hall–Kier alpha value is -3.74. The zero-order valence-electron chi connectivity index (χ0n) is 18.9. The third-order valence-corrected chi connectivity index (χ3v) is 6.54. The monoisotopic (exact) mass is 446 g/mol. The fraction of sp³-hybridized carbons (Fsp3) is 0.308. The fourth-order valence-electron chi connectivity index (χ4n) is 5.00. The van der Waals surface area contributed by atoms with Crippen molar-refractivity contribution in [3.63, 3.8) is 0 Å². The number of carbonyl (C=O) groups excluding carboxylic acids is 2. The molecule has 3 aromatic rings. The van der Waals surface area contributed by atoms with Crippen LogP contribution in [0.15, 0.2) is 52.9 Å². The number of hydrogen-bond donors (Lipinski definition) is 1. The Labute approximate surface area is 192 Å². The Balaban J connectivity index is 1.62. The summed E-state index contributed by atoms with van der Waals surface area (Å²) in [5.74, 6) is 1.55. The minimum absolute atomic E-state index is 0.101. The van der Waals surface area contributed by atoms with Crippen LogP contribution in [-0.4, -0.2) is 37.5 Å². The fourth-order valence-corrected chi connectivity index (χ4v) is 5.00. The van der Waals surface area contributed by atoms with Crippen molar-refractivity contribution >= 4 is 11.8 Å². The SMILES string of the molecule is COc1cc2c(cc1OC)[C@H](C(=O)NCc1ccc(C)o1)[C@H]1c3ccccc3CCN1C2=O. The molecule has 2 atom stereocenters. The summed E-state index contributed by atoms with van der Waals surface area (Å²) in [5, 5.41) is 3.02. The molecule has 7 heteroatoms. The van der Waals surface area contributed by atoms with Crippen molar-refractivity contribution in [3.8, 4) is 11.5 Å². The first-order chi connectivity index (χ1) is 16.0. The largest absolute Gasteiger partial charge is 0.493 e. The molecule has 3 heterocycles. The number of furan rings is 1. The van der Waals surface area contributed by atoms with Crippen LogP contribution >= 0.6 is 0 Å². The molecule has 2 aromatic carbocycles. The lowest BCUT2D eigenvalue weighted by Gasteiger charge is -2.45. The molecule has 33 heavy (non-hydrogen) atoms. The Morgan fingerprint density at radius 2 is 1.85 bits per heavy atom. The summed E-state index contributed by atoms with van der Waals surface area (Å²) in [4.78, 5) is 29.1. The zero-order chi connectivity index (χ0) is 23.1. The number of hydrogen-bond acceptors (Lipinski definition) is 5. The molecular weight excluding hydrogens is 420 g/mol. The van der Waals surface area contributed by atoms with Gasteiger partial charge in [-0.05, 0) is 54.3 Å². The molecule has 170 valence electrons. The van der Waals surface area contributed by atoms with Crippen LogP contribution in [-0.2, 0) is 17.8 Å². The van der Waals surface area contributed by atoms with E-state index in [4.69, 9.17) is 13.9 Å². The van der Waals surface area contributed by atoms with Gasteiger partial charge in [-0.2, -0.15) is 0 Å². The van der Waals surface area contributed by atoms with E-state index in [1.165, 1.54) is 7.11 Å². The number of nitrogens with zero attached hydrogens (tertiary/aromatic N) is 1. The van der Waals surface area contributed by atoms with Crippen molar-refractivity contribution in [3.05, 3.63) is 82.3 Å². The summed E-state index contributed by atoms with van der Waals surface area (Å²) in [6.07, 6.45) is 0.751. The molecule has 7 nitrogen and oxygen atoms in total. The van der Waals surface area contributed by atoms with Crippen LogP contribution in [0.25, 0.3) is 0 Å². The Morgan fingerprint density at radius 1 is 1.09 bits per heavy atom. The summed E-state index contributed by atoms with van der Waals surface area (Å²) in [5.41, 5.74) is 3.28. The average molecular weight is 447 g/mol. The quantitative estimate of drug-likeness (QED) is 0.646. The van der Waals surface area contributed by atoms with Crippen LogP contribution in [0.5, 0.6) is 11.5 Å². The molecule has 0 fully saturated rings. The second kappa shape index (κ2) is 8.31. The van der Waals surface area contributed by atoms with Crippen molar-refractivity contribution in [1.82, 2.24) is 10.2 Å². The van der Waals surface area contributed by atoms with E-state index in [0.717, 1.165) is 23.3 Å². The lowest BCUT2D eigenvalue weighted by atomic mass is 9.75. The molecule has 0 saturated carbocycles. The smallest absolute Gasteiger partial charge is 0.254 e. The van der Waals surface area contributed by atoms with Crippen molar-refractivity contribution < 1.29 is 23.5 Å². The van der Waals surface area contributed by atoms with E-state index in [1.54, 1.807) is 19.2 Å². The van der Waals surface area contributed by atoms with E-state index < -0.39 is 12.0 Å². The van der Waals surface area contributed by atoms with Crippen molar-refractivity contribution in [1.29, 1.82) is 0 Å². The Morgan fingerprint density at radius 3 is 2.58 bits per heavy atom. The van der Waals surface area contributed by atoms with Crippen LogP contribution in [0.4, 0.5) is 0 Å². The van der Waals surface area contributed by atoms with Gasteiger partial charge in [0, 0.05) is 12.1 Å². The molecule has 2 aliphatic heterocycles. The van der Waals surface area contributed by atoms with Gasteiger partial charge in [-0.3, -0.25) is 9.59 Å². The van der Waals surface area contributed by atoms with E-state index in [2.05, 4.69) is 11.4 Å². The number of aryl methyl sites for hydroxylation is 1. The number of nitrogens with one attached hydrogen (secondary N) is 1. The number of carbonyl (C=O) groups is 2. The van der Waals surface area contributed by atoms with E-state index in [0.29, 0.717) is 34.9 Å². The molecule has 0 saturated heterocycles. The van der Waals surface area contributed by atoms with Gasteiger partial charge in [0.2, 0.25) is 5.91 Å².